The van der Waals surface area contributed by atoms with E-state index in [1.165, 1.54) is 54.5 Å². The second kappa shape index (κ2) is 7.41. The second-order valence-electron chi connectivity index (χ2n) is 6.04. The number of piperidine rings is 1. The first-order valence-electron chi connectivity index (χ1n) is 8.14. The summed E-state index contributed by atoms with van der Waals surface area (Å²) in [5.41, 5.74) is 7.14. The lowest BCUT2D eigenvalue weighted by molar-refractivity contribution is 0.378. The number of nitrogens with two attached hydrogens (primary N) is 1. The van der Waals surface area contributed by atoms with Crippen molar-refractivity contribution in [3.63, 3.8) is 0 Å². The molecule has 1 fully saturated rings. The van der Waals surface area contributed by atoms with Crippen molar-refractivity contribution in [1.29, 1.82) is 0 Å². The van der Waals surface area contributed by atoms with Gasteiger partial charge in [0, 0.05) is 24.5 Å². The Morgan fingerprint density at radius 3 is 2.60 bits per heavy atom. The van der Waals surface area contributed by atoms with E-state index in [1.54, 1.807) is 0 Å². The Kier molecular flexibility index (Phi) is 5.85. The van der Waals surface area contributed by atoms with Crippen LogP contribution in [0, 0.1) is 5.92 Å². The molecule has 2 N–H and O–H groups in total. The highest BCUT2D eigenvalue weighted by molar-refractivity contribution is 7.15. The summed E-state index contributed by atoms with van der Waals surface area (Å²) < 4.78 is 0. The summed E-state index contributed by atoms with van der Waals surface area (Å²) in [7, 11) is 0. The Balaban J connectivity index is 2.05. The molecule has 2 heterocycles. The first-order valence-corrected chi connectivity index (χ1v) is 8.95. The third-order valence-electron chi connectivity index (χ3n) is 4.56. The Labute approximate surface area is 127 Å². The van der Waals surface area contributed by atoms with Gasteiger partial charge in [0.25, 0.3) is 0 Å². The van der Waals surface area contributed by atoms with Crippen molar-refractivity contribution in [3.05, 3.63) is 10.6 Å². The molecule has 1 aromatic rings. The molecule has 0 aliphatic carbocycles. The summed E-state index contributed by atoms with van der Waals surface area (Å²) >= 11 is 1.81. The fourth-order valence-electron chi connectivity index (χ4n) is 3.03. The maximum atomic E-state index is 5.90. The quantitative estimate of drug-likeness (QED) is 0.858. The smallest absolute Gasteiger partial charge is 0.185 e. The fraction of sp³-hybridized carbons (Fsp3) is 0.812. The van der Waals surface area contributed by atoms with Gasteiger partial charge in [-0.3, -0.25) is 0 Å². The van der Waals surface area contributed by atoms with Crippen LogP contribution in [0.1, 0.15) is 69.4 Å². The van der Waals surface area contributed by atoms with Gasteiger partial charge < -0.3 is 10.6 Å². The number of hydrogen-bond acceptors (Lipinski definition) is 4. The minimum absolute atomic E-state index is 0.524. The SMILES string of the molecule is CCCC1CCN(c2nc(C(C)CC)c(CN)s2)CC1. The van der Waals surface area contributed by atoms with Gasteiger partial charge in [-0.15, -0.1) is 11.3 Å². The highest BCUT2D eigenvalue weighted by Gasteiger charge is 2.23. The number of rotatable bonds is 6. The van der Waals surface area contributed by atoms with Crippen LogP contribution in [0.15, 0.2) is 0 Å². The number of nitrogens with zero attached hydrogens (tertiary/aromatic N) is 2. The first kappa shape index (κ1) is 15.8. The van der Waals surface area contributed by atoms with Crippen LogP contribution >= 0.6 is 11.3 Å². The molecule has 0 bridgehead atoms. The Bertz CT molecular complexity index is 408. The first-order chi connectivity index (χ1) is 9.69. The normalized spacial score (nSPS) is 18.5. The molecule has 4 heteroatoms. The van der Waals surface area contributed by atoms with Crippen molar-refractivity contribution in [2.75, 3.05) is 18.0 Å². The number of aromatic nitrogens is 1. The molecule has 0 amide bonds. The van der Waals surface area contributed by atoms with E-state index in [4.69, 9.17) is 10.7 Å². The van der Waals surface area contributed by atoms with E-state index >= 15 is 0 Å². The third-order valence-corrected chi connectivity index (χ3v) is 5.72. The van der Waals surface area contributed by atoms with Gasteiger partial charge in [-0.2, -0.15) is 0 Å². The number of hydrogen-bond donors (Lipinski definition) is 1. The molecule has 1 aromatic heterocycles. The van der Waals surface area contributed by atoms with Gasteiger partial charge >= 0.3 is 0 Å². The van der Waals surface area contributed by atoms with E-state index in [9.17, 15) is 0 Å². The van der Waals surface area contributed by atoms with Crippen LogP contribution in [-0.4, -0.2) is 18.1 Å². The molecule has 1 unspecified atom stereocenters. The predicted molar refractivity (Wildman–Crippen MR) is 88.6 cm³/mol. The molecule has 1 aliphatic heterocycles. The molecule has 0 radical (unpaired) electrons. The van der Waals surface area contributed by atoms with Crippen LogP contribution in [0.3, 0.4) is 0 Å². The molecule has 0 saturated carbocycles. The Morgan fingerprint density at radius 2 is 2.05 bits per heavy atom. The summed E-state index contributed by atoms with van der Waals surface area (Å²) in [6.07, 6.45) is 6.48. The van der Waals surface area contributed by atoms with Crippen molar-refractivity contribution in [1.82, 2.24) is 4.98 Å². The zero-order chi connectivity index (χ0) is 14.5. The summed E-state index contributed by atoms with van der Waals surface area (Å²) in [4.78, 5) is 8.67. The summed E-state index contributed by atoms with van der Waals surface area (Å²) in [5, 5.41) is 1.20. The molecule has 0 spiro atoms. The summed E-state index contributed by atoms with van der Waals surface area (Å²) in [6.45, 7) is 9.73. The lowest BCUT2D eigenvalue weighted by atomic mass is 9.93. The topological polar surface area (TPSA) is 42.2 Å². The summed E-state index contributed by atoms with van der Waals surface area (Å²) in [6, 6.07) is 0. The van der Waals surface area contributed by atoms with E-state index < -0.39 is 0 Å². The zero-order valence-corrected chi connectivity index (χ0v) is 14.0. The summed E-state index contributed by atoms with van der Waals surface area (Å²) in [5.74, 6) is 1.45. The van der Waals surface area contributed by atoms with Crippen molar-refractivity contribution in [3.8, 4) is 0 Å². The largest absolute Gasteiger partial charge is 0.348 e. The highest BCUT2D eigenvalue weighted by atomic mass is 32.1. The zero-order valence-electron chi connectivity index (χ0n) is 13.2. The monoisotopic (exact) mass is 295 g/mol. The number of thiazole rings is 1. The molecule has 1 aliphatic rings. The van der Waals surface area contributed by atoms with Gasteiger partial charge in [-0.05, 0) is 31.1 Å². The molecule has 114 valence electrons. The highest BCUT2D eigenvalue weighted by Crippen LogP contribution is 2.34. The van der Waals surface area contributed by atoms with Crippen LogP contribution in [0.2, 0.25) is 0 Å². The molecule has 20 heavy (non-hydrogen) atoms. The van der Waals surface area contributed by atoms with E-state index in [-0.39, 0.29) is 0 Å². The van der Waals surface area contributed by atoms with Gasteiger partial charge in [0.2, 0.25) is 0 Å². The van der Waals surface area contributed by atoms with Crippen molar-refractivity contribution in [2.24, 2.45) is 11.7 Å². The van der Waals surface area contributed by atoms with Crippen LogP contribution in [-0.2, 0) is 6.54 Å². The maximum Gasteiger partial charge on any atom is 0.185 e. The van der Waals surface area contributed by atoms with Gasteiger partial charge in [-0.1, -0.05) is 33.6 Å². The van der Waals surface area contributed by atoms with Gasteiger partial charge in [0.05, 0.1) is 5.69 Å². The van der Waals surface area contributed by atoms with Crippen molar-refractivity contribution in [2.45, 2.75) is 65.3 Å². The third kappa shape index (κ3) is 3.53. The minimum atomic E-state index is 0.524. The molecular formula is C16H29N3S. The average molecular weight is 295 g/mol. The second-order valence-corrected chi connectivity index (χ2v) is 7.10. The number of anilines is 1. The van der Waals surface area contributed by atoms with Crippen LogP contribution in [0.25, 0.3) is 0 Å². The predicted octanol–water partition coefficient (Wildman–Crippen LogP) is 4.13. The van der Waals surface area contributed by atoms with Crippen molar-refractivity contribution < 1.29 is 0 Å². The maximum absolute atomic E-state index is 5.90. The fourth-order valence-corrected chi connectivity index (χ4v) is 4.14. The average Bonchev–Trinajstić information content (AvgIpc) is 2.92. The van der Waals surface area contributed by atoms with E-state index in [2.05, 4.69) is 25.7 Å². The van der Waals surface area contributed by atoms with Crippen molar-refractivity contribution >= 4 is 16.5 Å². The van der Waals surface area contributed by atoms with Gasteiger partial charge in [0.15, 0.2) is 5.13 Å². The van der Waals surface area contributed by atoms with Crippen LogP contribution in [0.5, 0.6) is 0 Å². The standard InChI is InChI=1S/C16H29N3S/c1-4-6-13-7-9-19(10-8-13)16-18-15(12(3)5-2)14(11-17)20-16/h12-13H,4-11,17H2,1-3H3. The molecule has 1 atom stereocenters. The molecule has 0 aromatic carbocycles. The van der Waals surface area contributed by atoms with E-state index in [0.29, 0.717) is 12.5 Å². The van der Waals surface area contributed by atoms with E-state index in [1.807, 2.05) is 11.3 Å². The van der Waals surface area contributed by atoms with Crippen LogP contribution in [0.4, 0.5) is 5.13 Å². The molecule has 3 nitrogen and oxygen atoms in total. The minimum Gasteiger partial charge on any atom is -0.348 e. The lowest BCUT2D eigenvalue weighted by Gasteiger charge is -2.31. The van der Waals surface area contributed by atoms with E-state index in [0.717, 1.165) is 12.3 Å². The molecule has 2 rings (SSSR count). The lowest BCUT2D eigenvalue weighted by Crippen LogP contribution is -2.33. The molecule has 1 saturated heterocycles. The van der Waals surface area contributed by atoms with Gasteiger partial charge in [0.1, 0.15) is 0 Å². The van der Waals surface area contributed by atoms with Crippen LogP contribution < -0.4 is 10.6 Å². The Hall–Kier alpha value is -0.610. The molecular weight excluding hydrogens is 266 g/mol. The van der Waals surface area contributed by atoms with Gasteiger partial charge in [-0.25, -0.2) is 4.98 Å². The Morgan fingerprint density at radius 1 is 1.35 bits per heavy atom.